The molecule has 0 saturated carbocycles. The van der Waals surface area contributed by atoms with E-state index in [1.54, 1.807) is 36.4 Å². The number of hydrogen-bond acceptors (Lipinski definition) is 5. The summed E-state index contributed by atoms with van der Waals surface area (Å²) in [6.07, 6.45) is 1.68. The van der Waals surface area contributed by atoms with E-state index in [4.69, 9.17) is 32.7 Å². The number of carbonyl (C=O) groups excluding carboxylic acids is 2. The lowest BCUT2D eigenvalue weighted by Gasteiger charge is -2.15. The fourth-order valence-corrected chi connectivity index (χ4v) is 5.20. The van der Waals surface area contributed by atoms with Gasteiger partial charge in [-0.15, -0.1) is 0 Å². The fourth-order valence-electron chi connectivity index (χ4n) is 3.27. The number of benzene rings is 3. The van der Waals surface area contributed by atoms with Crippen molar-refractivity contribution in [3.63, 3.8) is 0 Å². The van der Waals surface area contributed by atoms with Crippen LogP contribution in [0.3, 0.4) is 0 Å². The molecule has 0 aliphatic carbocycles. The van der Waals surface area contributed by atoms with E-state index in [1.165, 1.54) is 0 Å². The first-order chi connectivity index (χ1) is 16.4. The Hall–Kier alpha value is -2.20. The van der Waals surface area contributed by atoms with Crippen molar-refractivity contribution >= 4 is 80.5 Å². The Kier molecular flexibility index (Phi) is 8.08. The van der Waals surface area contributed by atoms with Gasteiger partial charge in [0.15, 0.2) is 11.5 Å². The molecule has 0 spiro atoms. The summed E-state index contributed by atoms with van der Waals surface area (Å²) in [5.41, 5.74) is 2.14. The van der Waals surface area contributed by atoms with Crippen LogP contribution in [0.15, 0.2) is 65.6 Å². The minimum atomic E-state index is -0.395. The molecule has 1 aliphatic heterocycles. The normalized spacial score (nSPS) is 14.7. The number of carbonyl (C=O) groups is 2. The molecule has 0 unspecified atom stereocenters. The molecule has 34 heavy (non-hydrogen) atoms. The van der Waals surface area contributed by atoms with Gasteiger partial charge in [0.1, 0.15) is 6.61 Å². The van der Waals surface area contributed by atoms with Gasteiger partial charge >= 0.3 is 0 Å². The molecule has 0 N–H and O–H groups in total. The number of nitrogens with zero attached hydrogens (tertiary/aromatic N) is 1. The largest absolute Gasteiger partial charge is 0.490 e. The van der Waals surface area contributed by atoms with Gasteiger partial charge < -0.3 is 9.47 Å². The van der Waals surface area contributed by atoms with Gasteiger partial charge in [0.05, 0.1) is 20.8 Å². The third kappa shape index (κ3) is 5.71. The van der Waals surface area contributed by atoms with Gasteiger partial charge in [0.25, 0.3) is 11.1 Å². The van der Waals surface area contributed by atoms with E-state index in [1.807, 2.05) is 37.3 Å². The average molecular weight is 626 g/mol. The number of imide groups is 1. The molecule has 1 heterocycles. The first-order valence-electron chi connectivity index (χ1n) is 10.2. The van der Waals surface area contributed by atoms with Crippen LogP contribution in [0.4, 0.5) is 10.5 Å². The molecule has 5 nitrogen and oxygen atoms in total. The summed E-state index contributed by atoms with van der Waals surface area (Å²) in [5.74, 6) is 0.776. The molecule has 1 fully saturated rings. The molecule has 1 saturated heterocycles. The standard InChI is InChI=1S/C25H18Cl2INO4S/c1-2-32-21-11-16(10-20(28)23(21)33-14-15-6-8-17(26)9-7-15)12-22-24(30)29(25(31)34-22)19-5-3-4-18(27)13-19/h3-13H,2,14H2,1H3/b22-12+. The van der Waals surface area contributed by atoms with E-state index in [-0.39, 0.29) is 5.24 Å². The Balaban J connectivity index is 1.60. The van der Waals surface area contributed by atoms with E-state index in [9.17, 15) is 9.59 Å². The van der Waals surface area contributed by atoms with Gasteiger partial charge in [-0.2, -0.15) is 0 Å². The Morgan fingerprint density at radius 3 is 2.47 bits per heavy atom. The second kappa shape index (κ2) is 11.0. The second-order valence-corrected chi connectivity index (χ2v) is 10.2. The van der Waals surface area contributed by atoms with Crippen LogP contribution >= 0.6 is 57.6 Å². The van der Waals surface area contributed by atoms with Crippen molar-refractivity contribution in [2.75, 3.05) is 11.5 Å². The van der Waals surface area contributed by atoms with Gasteiger partial charge in [-0.3, -0.25) is 9.59 Å². The maximum absolute atomic E-state index is 13.0. The summed E-state index contributed by atoms with van der Waals surface area (Å²) in [7, 11) is 0. The van der Waals surface area contributed by atoms with E-state index < -0.39 is 5.91 Å². The Bertz CT molecular complexity index is 1280. The van der Waals surface area contributed by atoms with E-state index >= 15 is 0 Å². The molecule has 0 atom stereocenters. The third-order valence-corrected chi connectivity index (χ3v) is 6.94. The van der Waals surface area contributed by atoms with Gasteiger partial charge in [-0.1, -0.05) is 41.4 Å². The highest BCUT2D eigenvalue weighted by atomic mass is 127. The summed E-state index contributed by atoms with van der Waals surface area (Å²) in [6.45, 7) is 2.69. The molecule has 174 valence electrons. The molecular weight excluding hydrogens is 608 g/mol. The highest BCUT2D eigenvalue weighted by Gasteiger charge is 2.36. The first kappa shape index (κ1) is 24.9. The predicted octanol–water partition coefficient (Wildman–Crippen LogP) is 7.82. The maximum Gasteiger partial charge on any atom is 0.298 e. The lowest BCUT2D eigenvalue weighted by atomic mass is 10.1. The molecule has 0 radical (unpaired) electrons. The average Bonchev–Trinajstić information content (AvgIpc) is 3.07. The van der Waals surface area contributed by atoms with Crippen molar-refractivity contribution in [1.82, 2.24) is 0 Å². The number of anilines is 1. The van der Waals surface area contributed by atoms with Crippen molar-refractivity contribution in [2.45, 2.75) is 13.5 Å². The zero-order chi connectivity index (χ0) is 24.2. The quantitative estimate of drug-likeness (QED) is 0.198. The van der Waals surface area contributed by atoms with Crippen molar-refractivity contribution < 1.29 is 19.1 Å². The molecule has 3 aromatic rings. The fraction of sp³-hybridized carbons (Fsp3) is 0.120. The Morgan fingerprint density at radius 1 is 1.00 bits per heavy atom. The van der Waals surface area contributed by atoms with Crippen LogP contribution in [-0.2, 0) is 11.4 Å². The number of ether oxygens (including phenoxy) is 2. The number of rotatable bonds is 7. The molecular formula is C25H18Cl2INO4S. The SMILES string of the molecule is CCOc1cc(/C=C2/SC(=O)N(c3cccc(Cl)c3)C2=O)cc(I)c1OCc1ccc(Cl)cc1. The van der Waals surface area contributed by atoms with E-state index in [0.717, 1.165) is 31.4 Å². The molecule has 2 amide bonds. The third-order valence-electron chi connectivity index (χ3n) is 4.79. The van der Waals surface area contributed by atoms with Crippen LogP contribution < -0.4 is 14.4 Å². The van der Waals surface area contributed by atoms with Crippen LogP contribution in [0.25, 0.3) is 6.08 Å². The molecule has 9 heteroatoms. The van der Waals surface area contributed by atoms with Crippen LogP contribution in [0, 0.1) is 3.57 Å². The van der Waals surface area contributed by atoms with Crippen LogP contribution in [0.2, 0.25) is 10.0 Å². The minimum Gasteiger partial charge on any atom is -0.490 e. The Morgan fingerprint density at radius 2 is 1.76 bits per heavy atom. The van der Waals surface area contributed by atoms with Crippen LogP contribution in [-0.4, -0.2) is 17.8 Å². The summed E-state index contributed by atoms with van der Waals surface area (Å²) < 4.78 is 12.7. The molecule has 0 bridgehead atoms. The highest BCUT2D eigenvalue weighted by molar-refractivity contribution is 14.1. The van der Waals surface area contributed by atoms with E-state index in [2.05, 4.69) is 22.6 Å². The number of thioether (sulfide) groups is 1. The zero-order valence-electron chi connectivity index (χ0n) is 17.9. The van der Waals surface area contributed by atoms with Gasteiger partial charge in [-0.25, -0.2) is 4.90 Å². The summed E-state index contributed by atoms with van der Waals surface area (Å²) in [6, 6.07) is 17.8. The second-order valence-electron chi connectivity index (χ2n) is 7.18. The van der Waals surface area contributed by atoms with Crippen LogP contribution in [0.5, 0.6) is 11.5 Å². The van der Waals surface area contributed by atoms with Gasteiger partial charge in [-0.05, 0) is 101 Å². The molecule has 0 aromatic heterocycles. The summed E-state index contributed by atoms with van der Waals surface area (Å²) >= 11 is 15.0. The lowest BCUT2D eigenvalue weighted by molar-refractivity contribution is -0.113. The predicted molar refractivity (Wildman–Crippen MR) is 146 cm³/mol. The number of halogens is 3. The number of amides is 2. The smallest absolute Gasteiger partial charge is 0.298 e. The van der Waals surface area contributed by atoms with Gasteiger partial charge in [0.2, 0.25) is 0 Å². The van der Waals surface area contributed by atoms with Crippen LogP contribution in [0.1, 0.15) is 18.1 Å². The molecule has 1 aliphatic rings. The summed E-state index contributed by atoms with van der Waals surface area (Å²) in [5, 5.41) is 0.740. The topological polar surface area (TPSA) is 55.8 Å². The van der Waals surface area contributed by atoms with Crippen molar-refractivity contribution in [2.24, 2.45) is 0 Å². The maximum atomic E-state index is 13.0. The highest BCUT2D eigenvalue weighted by Crippen LogP contribution is 2.39. The van der Waals surface area contributed by atoms with E-state index in [0.29, 0.717) is 45.4 Å². The summed E-state index contributed by atoms with van der Waals surface area (Å²) in [4.78, 5) is 27.0. The van der Waals surface area contributed by atoms with Crippen molar-refractivity contribution in [3.05, 3.63) is 90.3 Å². The van der Waals surface area contributed by atoms with Crippen molar-refractivity contribution in [1.29, 1.82) is 0 Å². The number of hydrogen-bond donors (Lipinski definition) is 0. The minimum absolute atomic E-state index is 0.318. The molecule has 4 rings (SSSR count). The zero-order valence-corrected chi connectivity index (χ0v) is 22.4. The monoisotopic (exact) mass is 625 g/mol. The first-order valence-corrected chi connectivity index (χ1v) is 12.9. The van der Waals surface area contributed by atoms with Gasteiger partial charge in [0, 0.05) is 10.0 Å². The molecule has 3 aromatic carbocycles. The van der Waals surface area contributed by atoms with Crippen molar-refractivity contribution in [3.8, 4) is 11.5 Å². The lowest BCUT2D eigenvalue weighted by Crippen LogP contribution is -2.27. The Labute approximate surface area is 225 Å².